The lowest BCUT2D eigenvalue weighted by molar-refractivity contribution is -0.385. The summed E-state index contributed by atoms with van der Waals surface area (Å²) < 4.78 is 5.05. The van der Waals surface area contributed by atoms with Gasteiger partial charge in [0.1, 0.15) is 11.3 Å². The Hall–Kier alpha value is -3.79. The zero-order valence-corrected chi connectivity index (χ0v) is 15.5. The van der Waals surface area contributed by atoms with E-state index < -0.39 is 16.7 Å². The first-order chi connectivity index (χ1) is 13.4. The van der Waals surface area contributed by atoms with Crippen LogP contribution in [0.2, 0.25) is 0 Å². The van der Waals surface area contributed by atoms with Crippen LogP contribution in [0, 0.1) is 10.1 Å². The maximum absolute atomic E-state index is 12.0. The normalized spacial score (nSPS) is 10.2. The average molecular weight is 400 g/mol. The largest absolute Gasteiger partial charge is 0.497 e. The minimum Gasteiger partial charge on any atom is -0.497 e. The van der Waals surface area contributed by atoms with Gasteiger partial charge in [0.2, 0.25) is 5.91 Å². The van der Waals surface area contributed by atoms with Gasteiger partial charge in [0, 0.05) is 12.1 Å². The van der Waals surface area contributed by atoms with Gasteiger partial charge in [-0.15, -0.1) is 0 Å². The first-order valence-electron chi connectivity index (χ1n) is 7.87. The number of thiocarbonyl (C=S) groups is 1. The van der Waals surface area contributed by atoms with Gasteiger partial charge in [-0.2, -0.15) is 0 Å². The fourth-order valence-electron chi connectivity index (χ4n) is 2.08. The second-order valence-corrected chi connectivity index (χ2v) is 5.69. The summed E-state index contributed by atoms with van der Waals surface area (Å²) in [6.45, 7) is 0. The molecule has 2 aromatic carbocycles. The molecule has 0 aliphatic carbocycles. The van der Waals surface area contributed by atoms with Crippen molar-refractivity contribution in [2.45, 2.75) is 0 Å². The van der Waals surface area contributed by atoms with Crippen LogP contribution in [0.5, 0.6) is 5.75 Å². The molecule has 2 amide bonds. The predicted molar refractivity (Wildman–Crippen MR) is 106 cm³/mol. The SMILES string of the molecule is COc1ccc(C=CC(=O)NC(=S)NNC(=O)c2ccccc2[N+](=O)[O-])cc1. The van der Waals surface area contributed by atoms with Crippen molar-refractivity contribution in [2.24, 2.45) is 0 Å². The van der Waals surface area contributed by atoms with Gasteiger partial charge in [0.25, 0.3) is 11.6 Å². The van der Waals surface area contributed by atoms with E-state index in [0.29, 0.717) is 5.75 Å². The quantitative estimate of drug-likeness (QED) is 0.303. The Bertz CT molecular complexity index is 928. The van der Waals surface area contributed by atoms with Crippen LogP contribution in [-0.4, -0.2) is 29.0 Å². The fraction of sp³-hybridized carbons (Fsp3) is 0.0556. The molecule has 144 valence electrons. The lowest BCUT2D eigenvalue weighted by Gasteiger charge is -2.09. The highest BCUT2D eigenvalue weighted by atomic mass is 32.1. The van der Waals surface area contributed by atoms with Crippen LogP contribution in [-0.2, 0) is 4.79 Å². The van der Waals surface area contributed by atoms with Crippen LogP contribution >= 0.6 is 12.2 Å². The molecule has 0 aliphatic rings. The van der Waals surface area contributed by atoms with Crippen molar-refractivity contribution < 1.29 is 19.2 Å². The second kappa shape index (κ2) is 9.78. The van der Waals surface area contributed by atoms with E-state index >= 15 is 0 Å². The van der Waals surface area contributed by atoms with E-state index in [-0.39, 0.29) is 16.4 Å². The molecular formula is C18H16N4O5S. The summed E-state index contributed by atoms with van der Waals surface area (Å²) in [6, 6.07) is 12.5. The van der Waals surface area contributed by atoms with Crippen molar-refractivity contribution in [3.8, 4) is 5.75 Å². The van der Waals surface area contributed by atoms with Gasteiger partial charge in [-0.1, -0.05) is 24.3 Å². The van der Waals surface area contributed by atoms with Crippen LogP contribution in [0.15, 0.2) is 54.6 Å². The summed E-state index contributed by atoms with van der Waals surface area (Å²) in [5, 5.41) is 13.1. The Morgan fingerprint density at radius 3 is 2.43 bits per heavy atom. The molecule has 0 saturated heterocycles. The summed E-state index contributed by atoms with van der Waals surface area (Å²) >= 11 is 4.90. The number of para-hydroxylation sites is 1. The predicted octanol–water partition coefficient (Wildman–Crippen LogP) is 1.95. The van der Waals surface area contributed by atoms with Gasteiger partial charge >= 0.3 is 0 Å². The fourth-order valence-corrected chi connectivity index (χ4v) is 2.23. The van der Waals surface area contributed by atoms with E-state index in [1.807, 2.05) is 0 Å². The molecule has 10 heteroatoms. The Morgan fingerprint density at radius 2 is 1.79 bits per heavy atom. The number of carbonyl (C=O) groups excluding carboxylic acids is 2. The Balaban J connectivity index is 1.86. The van der Waals surface area contributed by atoms with E-state index in [4.69, 9.17) is 17.0 Å². The summed E-state index contributed by atoms with van der Waals surface area (Å²) in [7, 11) is 1.56. The first kappa shape index (κ1) is 20.5. The van der Waals surface area contributed by atoms with Crippen molar-refractivity contribution in [1.82, 2.24) is 16.2 Å². The van der Waals surface area contributed by atoms with Gasteiger partial charge in [-0.3, -0.25) is 35.9 Å². The molecule has 0 unspecified atom stereocenters. The van der Waals surface area contributed by atoms with E-state index in [9.17, 15) is 19.7 Å². The smallest absolute Gasteiger partial charge is 0.282 e. The molecule has 0 spiro atoms. The molecule has 0 atom stereocenters. The molecule has 0 aromatic heterocycles. The van der Waals surface area contributed by atoms with Crippen LogP contribution < -0.4 is 20.9 Å². The zero-order valence-electron chi connectivity index (χ0n) is 14.7. The third-order valence-corrected chi connectivity index (χ3v) is 3.62. The zero-order chi connectivity index (χ0) is 20.5. The lowest BCUT2D eigenvalue weighted by Crippen LogP contribution is -2.48. The van der Waals surface area contributed by atoms with Gasteiger partial charge < -0.3 is 4.74 Å². The van der Waals surface area contributed by atoms with E-state index in [2.05, 4.69) is 16.2 Å². The molecule has 0 bridgehead atoms. The monoisotopic (exact) mass is 400 g/mol. The Kier molecular flexibility index (Phi) is 7.17. The molecule has 0 fully saturated rings. The average Bonchev–Trinajstić information content (AvgIpc) is 2.70. The molecule has 3 N–H and O–H groups in total. The maximum Gasteiger partial charge on any atom is 0.282 e. The number of nitro benzene ring substituents is 1. The minimum atomic E-state index is -0.766. The topological polar surface area (TPSA) is 123 Å². The van der Waals surface area contributed by atoms with Gasteiger partial charge in [0.15, 0.2) is 5.11 Å². The number of benzene rings is 2. The van der Waals surface area contributed by atoms with E-state index in [1.165, 1.54) is 30.3 Å². The van der Waals surface area contributed by atoms with Crippen molar-refractivity contribution in [3.63, 3.8) is 0 Å². The van der Waals surface area contributed by atoms with Crippen LogP contribution in [0.3, 0.4) is 0 Å². The number of hydrazine groups is 1. The standard InChI is InChI=1S/C18H16N4O5S/c1-27-13-9-6-12(7-10-13)8-11-16(23)19-18(28)21-20-17(24)14-4-2-3-5-15(14)22(25)26/h2-11H,1H3,(H,20,24)(H2,19,21,23,28). The molecule has 0 radical (unpaired) electrons. The number of carbonyl (C=O) groups is 2. The number of hydrogen-bond acceptors (Lipinski definition) is 6. The van der Waals surface area contributed by atoms with Crippen LogP contribution in [0.1, 0.15) is 15.9 Å². The second-order valence-electron chi connectivity index (χ2n) is 5.28. The number of amides is 2. The van der Waals surface area contributed by atoms with Crippen molar-refractivity contribution in [3.05, 3.63) is 75.8 Å². The molecule has 0 heterocycles. The van der Waals surface area contributed by atoms with Crippen LogP contribution in [0.25, 0.3) is 6.08 Å². The number of rotatable bonds is 5. The summed E-state index contributed by atoms with van der Waals surface area (Å²) in [6.07, 6.45) is 2.84. The van der Waals surface area contributed by atoms with Gasteiger partial charge in [-0.25, -0.2) is 0 Å². The number of ether oxygens (including phenoxy) is 1. The summed E-state index contributed by atoms with van der Waals surface area (Å²) in [5.74, 6) is -0.590. The minimum absolute atomic E-state index is 0.145. The van der Waals surface area contributed by atoms with E-state index in [0.717, 1.165) is 5.56 Å². The van der Waals surface area contributed by atoms with E-state index in [1.54, 1.807) is 37.5 Å². The number of nitrogens with zero attached hydrogens (tertiary/aromatic N) is 1. The molecule has 2 rings (SSSR count). The lowest BCUT2D eigenvalue weighted by atomic mass is 10.2. The molecule has 0 aliphatic heterocycles. The number of methoxy groups -OCH3 is 1. The van der Waals surface area contributed by atoms with Crippen molar-refractivity contribution in [1.29, 1.82) is 0 Å². The molecular weight excluding hydrogens is 384 g/mol. The Morgan fingerprint density at radius 1 is 1.11 bits per heavy atom. The van der Waals surface area contributed by atoms with Gasteiger partial charge in [-0.05, 0) is 42.1 Å². The van der Waals surface area contributed by atoms with Crippen LogP contribution in [0.4, 0.5) is 5.69 Å². The third kappa shape index (κ3) is 5.88. The van der Waals surface area contributed by atoms with Crippen molar-refractivity contribution >= 4 is 40.9 Å². The number of hydrogen-bond donors (Lipinski definition) is 3. The maximum atomic E-state index is 12.0. The highest BCUT2D eigenvalue weighted by Crippen LogP contribution is 2.17. The molecule has 9 nitrogen and oxygen atoms in total. The summed E-state index contributed by atoms with van der Waals surface area (Å²) in [5.41, 5.74) is 4.80. The molecule has 28 heavy (non-hydrogen) atoms. The highest BCUT2D eigenvalue weighted by molar-refractivity contribution is 7.80. The molecule has 2 aromatic rings. The van der Waals surface area contributed by atoms with Crippen molar-refractivity contribution in [2.75, 3.05) is 7.11 Å². The first-order valence-corrected chi connectivity index (χ1v) is 8.28. The number of nitro groups is 1. The number of nitrogens with one attached hydrogen (secondary N) is 3. The summed E-state index contributed by atoms with van der Waals surface area (Å²) in [4.78, 5) is 34.2. The third-order valence-electron chi connectivity index (χ3n) is 3.41. The Labute approximate surface area is 165 Å². The van der Waals surface area contributed by atoms with Gasteiger partial charge in [0.05, 0.1) is 12.0 Å². The molecule has 0 saturated carbocycles. The highest BCUT2D eigenvalue weighted by Gasteiger charge is 2.19.